The van der Waals surface area contributed by atoms with Crippen LogP contribution in [0.4, 0.5) is 5.82 Å². The highest BCUT2D eigenvalue weighted by Gasteiger charge is 2.31. The third kappa shape index (κ3) is 2.39. The molecule has 0 spiro atoms. The number of ether oxygens (including phenoxy) is 1. The molecule has 0 unspecified atom stereocenters. The summed E-state index contributed by atoms with van der Waals surface area (Å²) in [6, 6.07) is 3.70. The Morgan fingerprint density at radius 3 is 2.75 bits per heavy atom. The first-order valence-electron chi connectivity index (χ1n) is 5.07. The lowest BCUT2D eigenvalue weighted by molar-refractivity contribution is -0.135. The highest BCUT2D eigenvalue weighted by atomic mass is 16.5. The van der Waals surface area contributed by atoms with E-state index in [1.807, 2.05) is 0 Å². The van der Waals surface area contributed by atoms with Crippen molar-refractivity contribution < 1.29 is 14.6 Å². The predicted octanol–water partition coefficient (Wildman–Crippen LogP) is 0.539. The minimum atomic E-state index is -0.857. The van der Waals surface area contributed by atoms with Crippen molar-refractivity contribution in [3.8, 4) is 5.88 Å². The van der Waals surface area contributed by atoms with E-state index in [2.05, 4.69) is 10.2 Å². The topological polar surface area (TPSA) is 75.5 Å². The zero-order chi connectivity index (χ0) is 11.5. The first-order valence-corrected chi connectivity index (χ1v) is 5.07. The SMILES string of the molecule is COc1ccc(N(CC(=O)O)C2CC2)nn1. The summed E-state index contributed by atoms with van der Waals surface area (Å²) in [5.41, 5.74) is 0. The van der Waals surface area contributed by atoms with Crippen LogP contribution in [0.25, 0.3) is 0 Å². The summed E-state index contributed by atoms with van der Waals surface area (Å²) in [6.45, 7) is -0.0360. The molecule has 0 bridgehead atoms. The average molecular weight is 223 g/mol. The second-order valence-corrected chi connectivity index (χ2v) is 3.69. The molecule has 1 aromatic rings. The van der Waals surface area contributed by atoms with Crippen molar-refractivity contribution in [2.45, 2.75) is 18.9 Å². The number of rotatable bonds is 5. The van der Waals surface area contributed by atoms with Gasteiger partial charge in [-0.15, -0.1) is 10.2 Å². The molecule has 86 valence electrons. The summed E-state index contributed by atoms with van der Waals surface area (Å²) in [4.78, 5) is 12.5. The maximum Gasteiger partial charge on any atom is 0.323 e. The van der Waals surface area contributed by atoms with E-state index in [4.69, 9.17) is 9.84 Å². The summed E-state index contributed by atoms with van der Waals surface area (Å²) >= 11 is 0. The largest absolute Gasteiger partial charge is 0.480 e. The fourth-order valence-corrected chi connectivity index (χ4v) is 1.50. The lowest BCUT2D eigenvalue weighted by Gasteiger charge is -2.20. The first-order chi connectivity index (χ1) is 7.70. The zero-order valence-electron chi connectivity index (χ0n) is 8.96. The van der Waals surface area contributed by atoms with Gasteiger partial charge in [-0.05, 0) is 18.9 Å². The summed E-state index contributed by atoms with van der Waals surface area (Å²) in [7, 11) is 1.51. The number of nitrogens with zero attached hydrogens (tertiary/aromatic N) is 3. The molecule has 0 saturated heterocycles. The van der Waals surface area contributed by atoms with Crippen LogP contribution in [0.2, 0.25) is 0 Å². The van der Waals surface area contributed by atoms with Crippen molar-refractivity contribution in [2.24, 2.45) is 0 Å². The molecule has 0 atom stereocenters. The molecule has 1 saturated carbocycles. The molecule has 16 heavy (non-hydrogen) atoms. The van der Waals surface area contributed by atoms with E-state index in [9.17, 15) is 4.79 Å². The van der Waals surface area contributed by atoms with E-state index in [1.54, 1.807) is 17.0 Å². The number of aliphatic carboxylic acids is 1. The zero-order valence-corrected chi connectivity index (χ0v) is 8.96. The number of hydrogen-bond acceptors (Lipinski definition) is 5. The molecule has 1 N–H and O–H groups in total. The molecule has 1 fully saturated rings. The van der Waals surface area contributed by atoms with Crippen LogP contribution in [0.1, 0.15) is 12.8 Å². The van der Waals surface area contributed by atoms with Crippen molar-refractivity contribution in [1.82, 2.24) is 10.2 Å². The maximum atomic E-state index is 10.7. The minimum Gasteiger partial charge on any atom is -0.480 e. The van der Waals surface area contributed by atoms with E-state index in [0.717, 1.165) is 12.8 Å². The summed E-state index contributed by atoms with van der Waals surface area (Å²) < 4.78 is 4.90. The number of carboxylic acids is 1. The number of hydrogen-bond donors (Lipinski definition) is 1. The monoisotopic (exact) mass is 223 g/mol. The quantitative estimate of drug-likeness (QED) is 0.785. The van der Waals surface area contributed by atoms with Crippen LogP contribution in [0, 0.1) is 0 Å². The van der Waals surface area contributed by atoms with Crippen LogP contribution in [0.5, 0.6) is 5.88 Å². The van der Waals surface area contributed by atoms with Crippen molar-refractivity contribution in [2.75, 3.05) is 18.6 Å². The molecule has 0 aromatic carbocycles. The molecule has 0 radical (unpaired) electrons. The Morgan fingerprint density at radius 2 is 2.31 bits per heavy atom. The Balaban J connectivity index is 2.14. The number of methoxy groups -OCH3 is 1. The third-order valence-corrected chi connectivity index (χ3v) is 2.42. The van der Waals surface area contributed by atoms with Gasteiger partial charge in [-0.3, -0.25) is 4.79 Å². The van der Waals surface area contributed by atoms with Crippen LogP contribution in [0.15, 0.2) is 12.1 Å². The van der Waals surface area contributed by atoms with E-state index < -0.39 is 5.97 Å². The number of carbonyl (C=O) groups is 1. The van der Waals surface area contributed by atoms with Gasteiger partial charge in [-0.1, -0.05) is 0 Å². The Bertz CT molecular complexity index is 375. The summed E-state index contributed by atoms with van der Waals surface area (Å²) in [5, 5.41) is 16.6. The molecule has 6 heteroatoms. The minimum absolute atomic E-state index is 0.0360. The Hall–Kier alpha value is -1.85. The number of carboxylic acid groups (broad SMARTS) is 1. The van der Waals surface area contributed by atoms with Gasteiger partial charge < -0.3 is 14.7 Å². The van der Waals surface area contributed by atoms with Gasteiger partial charge in [0.25, 0.3) is 0 Å². The Labute approximate surface area is 92.9 Å². The fourth-order valence-electron chi connectivity index (χ4n) is 1.50. The Kier molecular flexibility index (Phi) is 2.89. The van der Waals surface area contributed by atoms with Crippen LogP contribution >= 0.6 is 0 Å². The van der Waals surface area contributed by atoms with E-state index in [1.165, 1.54) is 7.11 Å². The van der Waals surface area contributed by atoms with Crippen molar-refractivity contribution in [1.29, 1.82) is 0 Å². The molecule has 0 amide bonds. The van der Waals surface area contributed by atoms with Crippen LogP contribution < -0.4 is 9.64 Å². The van der Waals surface area contributed by atoms with Gasteiger partial charge >= 0.3 is 5.97 Å². The maximum absolute atomic E-state index is 10.7. The van der Waals surface area contributed by atoms with Crippen molar-refractivity contribution in [3.63, 3.8) is 0 Å². The van der Waals surface area contributed by atoms with E-state index >= 15 is 0 Å². The first kappa shape index (κ1) is 10.7. The van der Waals surface area contributed by atoms with Gasteiger partial charge in [0, 0.05) is 12.1 Å². The Morgan fingerprint density at radius 1 is 1.56 bits per heavy atom. The summed E-state index contributed by atoms with van der Waals surface area (Å²) in [5.74, 6) is 0.157. The lowest BCUT2D eigenvalue weighted by Crippen LogP contribution is -2.32. The number of anilines is 1. The van der Waals surface area contributed by atoms with Crippen LogP contribution in [0.3, 0.4) is 0 Å². The molecule has 2 rings (SSSR count). The van der Waals surface area contributed by atoms with Gasteiger partial charge in [-0.2, -0.15) is 0 Å². The highest BCUT2D eigenvalue weighted by molar-refractivity contribution is 5.73. The molecule has 1 aliphatic rings. The van der Waals surface area contributed by atoms with Crippen molar-refractivity contribution >= 4 is 11.8 Å². The molecule has 1 aromatic heterocycles. The van der Waals surface area contributed by atoms with Gasteiger partial charge in [0.2, 0.25) is 5.88 Å². The van der Waals surface area contributed by atoms with Crippen LogP contribution in [-0.4, -0.2) is 41.0 Å². The molecule has 1 heterocycles. The average Bonchev–Trinajstić information content (AvgIpc) is 3.10. The highest BCUT2D eigenvalue weighted by Crippen LogP contribution is 2.30. The van der Waals surface area contributed by atoms with E-state index in [-0.39, 0.29) is 6.54 Å². The second-order valence-electron chi connectivity index (χ2n) is 3.69. The van der Waals surface area contributed by atoms with Gasteiger partial charge in [0.05, 0.1) is 7.11 Å². The third-order valence-electron chi connectivity index (χ3n) is 2.42. The smallest absolute Gasteiger partial charge is 0.323 e. The predicted molar refractivity (Wildman–Crippen MR) is 56.6 cm³/mol. The number of aromatic nitrogens is 2. The lowest BCUT2D eigenvalue weighted by atomic mass is 10.4. The van der Waals surface area contributed by atoms with E-state index in [0.29, 0.717) is 17.7 Å². The fraction of sp³-hybridized carbons (Fsp3) is 0.500. The second kappa shape index (κ2) is 4.34. The molecular weight excluding hydrogens is 210 g/mol. The standard InChI is InChI=1S/C10H13N3O3/c1-16-9-5-4-8(11-12-9)13(6-10(14)15)7-2-3-7/h4-5,7H,2-3,6H2,1H3,(H,14,15). The molecule has 1 aliphatic carbocycles. The molecule has 0 aliphatic heterocycles. The van der Waals surface area contributed by atoms with Gasteiger partial charge in [-0.25, -0.2) is 0 Å². The summed E-state index contributed by atoms with van der Waals surface area (Å²) in [6.07, 6.45) is 2.03. The van der Waals surface area contributed by atoms with Gasteiger partial charge in [0.15, 0.2) is 5.82 Å². The van der Waals surface area contributed by atoms with Crippen LogP contribution in [-0.2, 0) is 4.79 Å². The van der Waals surface area contributed by atoms with Crippen molar-refractivity contribution in [3.05, 3.63) is 12.1 Å². The van der Waals surface area contributed by atoms with Gasteiger partial charge in [0.1, 0.15) is 6.54 Å². The normalized spacial score (nSPS) is 14.6. The molecule has 6 nitrogen and oxygen atoms in total. The molecular formula is C10H13N3O3.